The first kappa shape index (κ1) is 23.2. The maximum absolute atomic E-state index is 11.4. The highest BCUT2D eigenvalue weighted by Crippen LogP contribution is 2.04. The predicted octanol–water partition coefficient (Wildman–Crippen LogP) is 0.593. The van der Waals surface area contributed by atoms with Gasteiger partial charge >= 0.3 is 35.8 Å². The van der Waals surface area contributed by atoms with E-state index in [1.165, 1.54) is 14.2 Å². The molecule has 0 unspecified atom stereocenters. The topological polar surface area (TPSA) is 139 Å². The van der Waals surface area contributed by atoms with Gasteiger partial charge in [-0.3, -0.25) is 28.8 Å². The summed E-state index contributed by atoms with van der Waals surface area (Å²) in [6, 6.07) is 0. The Kier molecular flexibility index (Phi) is 12.1. The van der Waals surface area contributed by atoms with Crippen LogP contribution in [0.3, 0.4) is 0 Å². The highest BCUT2D eigenvalue weighted by Gasteiger charge is 2.16. The normalized spacial score (nSPS) is 9.77. The first-order valence-electron chi connectivity index (χ1n) is 7.89. The Bertz CT molecular complexity index is 489. The van der Waals surface area contributed by atoms with Gasteiger partial charge in [0.25, 0.3) is 0 Å². The van der Waals surface area contributed by atoms with E-state index in [1.807, 2.05) is 0 Å². The lowest BCUT2D eigenvalue weighted by Crippen LogP contribution is -2.17. The van der Waals surface area contributed by atoms with E-state index in [-0.39, 0.29) is 38.5 Å². The number of rotatable bonds is 11. The molecule has 0 fully saturated rings. The van der Waals surface area contributed by atoms with Crippen molar-refractivity contribution in [1.29, 1.82) is 0 Å². The first-order chi connectivity index (χ1) is 12.3. The summed E-state index contributed by atoms with van der Waals surface area (Å²) in [4.78, 5) is 67.2. The van der Waals surface area contributed by atoms with Crippen molar-refractivity contribution in [3.05, 3.63) is 0 Å². The van der Waals surface area contributed by atoms with Gasteiger partial charge in [-0.1, -0.05) is 0 Å². The number of hydrogen-bond donors (Lipinski definition) is 0. The number of methoxy groups -OCH3 is 2. The SMILES string of the molecule is COC(=O)CCCC(=O)OC(=O)CCC(=O)OC(=O)CCCC(=O)OC. The predicted molar refractivity (Wildman–Crippen MR) is 83.2 cm³/mol. The maximum atomic E-state index is 11.4. The Morgan fingerprint density at radius 1 is 0.462 bits per heavy atom. The molecule has 0 rings (SSSR count). The Hall–Kier alpha value is -2.78. The summed E-state index contributed by atoms with van der Waals surface area (Å²) >= 11 is 0. The standard InChI is InChI=1S/C16H22O10/c1-23-11(17)5-3-7-13(19)25-15(21)9-10-16(22)26-14(20)8-4-6-12(18)24-2/h3-10H2,1-2H3. The molecule has 0 radical (unpaired) electrons. The molecule has 0 aliphatic heterocycles. The zero-order chi connectivity index (χ0) is 19.9. The van der Waals surface area contributed by atoms with Crippen LogP contribution in [-0.4, -0.2) is 50.0 Å². The van der Waals surface area contributed by atoms with Crippen LogP contribution in [0.25, 0.3) is 0 Å². The van der Waals surface area contributed by atoms with E-state index >= 15 is 0 Å². The van der Waals surface area contributed by atoms with Crippen molar-refractivity contribution in [2.24, 2.45) is 0 Å². The second-order valence-electron chi connectivity index (χ2n) is 5.05. The van der Waals surface area contributed by atoms with Gasteiger partial charge in [0.1, 0.15) is 0 Å². The van der Waals surface area contributed by atoms with Crippen molar-refractivity contribution in [2.45, 2.75) is 51.4 Å². The summed E-state index contributed by atoms with van der Waals surface area (Å²) in [5, 5.41) is 0. The van der Waals surface area contributed by atoms with Gasteiger partial charge in [0.15, 0.2) is 0 Å². The highest BCUT2D eigenvalue weighted by molar-refractivity contribution is 5.90. The van der Waals surface area contributed by atoms with Gasteiger partial charge in [-0.05, 0) is 12.8 Å². The Balaban J connectivity index is 3.88. The van der Waals surface area contributed by atoms with Crippen molar-refractivity contribution in [3.8, 4) is 0 Å². The van der Waals surface area contributed by atoms with Crippen LogP contribution in [0.2, 0.25) is 0 Å². The highest BCUT2D eigenvalue weighted by atomic mass is 16.6. The first-order valence-corrected chi connectivity index (χ1v) is 7.89. The third kappa shape index (κ3) is 12.6. The largest absolute Gasteiger partial charge is 0.469 e. The van der Waals surface area contributed by atoms with Gasteiger partial charge in [0.2, 0.25) is 0 Å². The third-order valence-corrected chi connectivity index (χ3v) is 2.97. The molecule has 0 saturated heterocycles. The van der Waals surface area contributed by atoms with Crippen molar-refractivity contribution in [2.75, 3.05) is 14.2 Å². The molecule has 10 nitrogen and oxygen atoms in total. The summed E-state index contributed by atoms with van der Waals surface area (Å²) in [5.41, 5.74) is 0. The Morgan fingerprint density at radius 2 is 0.731 bits per heavy atom. The van der Waals surface area contributed by atoms with Crippen LogP contribution < -0.4 is 0 Å². The minimum Gasteiger partial charge on any atom is -0.469 e. The number of carbonyl (C=O) groups excluding carboxylic acids is 6. The quantitative estimate of drug-likeness (QED) is 0.287. The lowest BCUT2D eigenvalue weighted by Gasteiger charge is -2.04. The van der Waals surface area contributed by atoms with Crippen molar-refractivity contribution < 1.29 is 47.7 Å². The second kappa shape index (κ2) is 13.5. The van der Waals surface area contributed by atoms with Crippen LogP contribution in [0, 0.1) is 0 Å². The number of ether oxygens (including phenoxy) is 4. The van der Waals surface area contributed by atoms with E-state index < -0.39 is 48.7 Å². The molecule has 10 heteroatoms. The minimum absolute atomic E-state index is 0.0181. The lowest BCUT2D eigenvalue weighted by molar-refractivity contribution is -0.165. The summed E-state index contributed by atoms with van der Waals surface area (Å²) in [6.45, 7) is 0. The van der Waals surface area contributed by atoms with E-state index in [0.717, 1.165) is 0 Å². The average molecular weight is 374 g/mol. The summed E-state index contributed by atoms with van der Waals surface area (Å²) in [6.07, 6.45) is -0.793. The van der Waals surface area contributed by atoms with Crippen molar-refractivity contribution in [1.82, 2.24) is 0 Å². The number of esters is 6. The molecule has 0 aromatic rings. The average Bonchev–Trinajstić information content (AvgIpc) is 2.59. The molecule has 0 bridgehead atoms. The molecular formula is C16H22O10. The van der Waals surface area contributed by atoms with E-state index in [9.17, 15) is 28.8 Å². The third-order valence-electron chi connectivity index (χ3n) is 2.97. The molecule has 0 saturated carbocycles. The van der Waals surface area contributed by atoms with Crippen LogP contribution in [-0.2, 0) is 47.7 Å². The molecule has 0 heterocycles. The van der Waals surface area contributed by atoms with Gasteiger partial charge in [-0.25, -0.2) is 0 Å². The lowest BCUT2D eigenvalue weighted by atomic mass is 10.2. The molecule has 0 aliphatic carbocycles. The molecular weight excluding hydrogens is 352 g/mol. The second-order valence-corrected chi connectivity index (χ2v) is 5.05. The fourth-order valence-corrected chi connectivity index (χ4v) is 1.62. The smallest absolute Gasteiger partial charge is 0.314 e. The zero-order valence-electron chi connectivity index (χ0n) is 14.7. The molecule has 0 aromatic carbocycles. The molecule has 0 aromatic heterocycles. The molecule has 146 valence electrons. The summed E-state index contributed by atoms with van der Waals surface area (Å²) in [7, 11) is 2.43. The molecule has 0 amide bonds. The van der Waals surface area contributed by atoms with Crippen LogP contribution in [0.1, 0.15) is 51.4 Å². The van der Waals surface area contributed by atoms with Crippen LogP contribution >= 0.6 is 0 Å². The zero-order valence-corrected chi connectivity index (χ0v) is 14.7. The Labute approximate surface area is 150 Å². The van der Waals surface area contributed by atoms with Gasteiger partial charge in [-0.15, -0.1) is 0 Å². The Morgan fingerprint density at radius 3 is 1.04 bits per heavy atom. The monoisotopic (exact) mass is 374 g/mol. The van der Waals surface area contributed by atoms with Crippen molar-refractivity contribution in [3.63, 3.8) is 0 Å². The number of carbonyl (C=O) groups is 6. The summed E-state index contributed by atoms with van der Waals surface area (Å²) < 4.78 is 17.7. The van der Waals surface area contributed by atoms with Crippen molar-refractivity contribution >= 4 is 35.8 Å². The van der Waals surface area contributed by atoms with E-state index in [2.05, 4.69) is 18.9 Å². The van der Waals surface area contributed by atoms with E-state index in [1.54, 1.807) is 0 Å². The molecule has 0 aliphatic rings. The fourth-order valence-electron chi connectivity index (χ4n) is 1.62. The van der Waals surface area contributed by atoms with Gasteiger partial charge in [0, 0.05) is 25.7 Å². The van der Waals surface area contributed by atoms with Gasteiger partial charge in [-0.2, -0.15) is 0 Å². The van der Waals surface area contributed by atoms with Crippen LogP contribution in [0.4, 0.5) is 0 Å². The molecule has 0 N–H and O–H groups in total. The fraction of sp³-hybridized carbons (Fsp3) is 0.625. The molecule has 0 atom stereocenters. The minimum atomic E-state index is -0.942. The number of hydrogen-bond acceptors (Lipinski definition) is 10. The summed E-state index contributed by atoms with van der Waals surface area (Å²) in [5.74, 6) is -4.50. The molecule has 0 spiro atoms. The van der Waals surface area contributed by atoms with E-state index in [0.29, 0.717) is 0 Å². The maximum Gasteiger partial charge on any atom is 0.314 e. The van der Waals surface area contributed by atoms with E-state index in [4.69, 9.17) is 0 Å². The van der Waals surface area contributed by atoms with Gasteiger partial charge in [0.05, 0.1) is 27.1 Å². The molecule has 26 heavy (non-hydrogen) atoms. The van der Waals surface area contributed by atoms with Gasteiger partial charge < -0.3 is 18.9 Å². The van der Waals surface area contributed by atoms with Crippen LogP contribution in [0.5, 0.6) is 0 Å². The van der Waals surface area contributed by atoms with Crippen LogP contribution in [0.15, 0.2) is 0 Å².